The molecule has 2 aromatic heterocycles. The molecule has 2 heterocycles. The van der Waals surface area contributed by atoms with Crippen molar-refractivity contribution in [3.8, 4) is 0 Å². The predicted molar refractivity (Wildman–Crippen MR) is 62.9 cm³/mol. The maximum Gasteiger partial charge on any atom is 0.180 e. The van der Waals surface area contributed by atoms with Gasteiger partial charge >= 0.3 is 0 Å². The highest BCUT2D eigenvalue weighted by Crippen LogP contribution is 2.14. The van der Waals surface area contributed by atoms with Gasteiger partial charge in [0.15, 0.2) is 5.65 Å². The Bertz CT molecular complexity index is 588. The molecule has 0 spiro atoms. The molecule has 3 N–H and O–H groups in total. The van der Waals surface area contributed by atoms with E-state index in [4.69, 9.17) is 5.73 Å². The zero-order chi connectivity index (χ0) is 12.5. The number of nitrogens with zero attached hydrogens (tertiary/aromatic N) is 3. The summed E-state index contributed by atoms with van der Waals surface area (Å²) in [5.41, 5.74) is 7.08. The van der Waals surface area contributed by atoms with Crippen LogP contribution in [-0.2, 0) is 9.84 Å². The fraction of sp³-hybridized carbons (Fsp3) is 0.444. The van der Waals surface area contributed by atoms with E-state index in [1.807, 2.05) is 0 Å². The van der Waals surface area contributed by atoms with Crippen LogP contribution in [0.4, 0.5) is 0 Å². The summed E-state index contributed by atoms with van der Waals surface area (Å²) in [6, 6.07) is -0.445. The lowest BCUT2D eigenvalue weighted by Gasteiger charge is -2.06. The number of nitrogens with two attached hydrogens (primary N) is 1. The Hall–Kier alpha value is -1.54. The second kappa shape index (κ2) is 4.38. The van der Waals surface area contributed by atoms with Gasteiger partial charge in [-0.3, -0.25) is 0 Å². The van der Waals surface area contributed by atoms with E-state index in [1.54, 1.807) is 6.20 Å². The number of nitrogens with one attached hydrogen (secondary N) is 1. The number of fused-ring (bicyclic) bond motifs is 1. The summed E-state index contributed by atoms with van der Waals surface area (Å²) in [4.78, 5) is 15.0. The number of rotatable bonds is 4. The van der Waals surface area contributed by atoms with E-state index >= 15 is 0 Å². The van der Waals surface area contributed by atoms with E-state index in [-0.39, 0.29) is 5.75 Å². The van der Waals surface area contributed by atoms with Crippen molar-refractivity contribution in [3.05, 3.63) is 18.3 Å². The average Bonchev–Trinajstić information content (AvgIpc) is 2.68. The molecule has 0 radical (unpaired) electrons. The first kappa shape index (κ1) is 11.9. The molecule has 0 fully saturated rings. The van der Waals surface area contributed by atoms with Gasteiger partial charge in [-0.15, -0.1) is 0 Å². The Kier molecular flexibility index (Phi) is 3.07. The van der Waals surface area contributed by atoms with Crippen molar-refractivity contribution < 1.29 is 8.42 Å². The standard InChI is InChI=1S/C9H13N5O2S/c1-17(15,16)3-2-6(10)8-13-7-4-11-5-12-9(7)14-8/h4-6H,2-3,10H2,1H3,(H,11,12,13,14). The Morgan fingerprint density at radius 2 is 2.29 bits per heavy atom. The zero-order valence-corrected chi connectivity index (χ0v) is 10.1. The molecule has 2 rings (SSSR count). The quantitative estimate of drug-likeness (QED) is 0.781. The smallest absolute Gasteiger partial charge is 0.180 e. The first-order valence-electron chi connectivity index (χ1n) is 5.04. The van der Waals surface area contributed by atoms with Gasteiger partial charge in [-0.2, -0.15) is 0 Å². The topological polar surface area (TPSA) is 115 Å². The Labute approximate surface area is 98.4 Å². The maximum absolute atomic E-state index is 11.0. The van der Waals surface area contributed by atoms with Gasteiger partial charge in [-0.1, -0.05) is 0 Å². The van der Waals surface area contributed by atoms with Crippen LogP contribution in [0.2, 0.25) is 0 Å². The van der Waals surface area contributed by atoms with Crippen molar-refractivity contribution in [3.63, 3.8) is 0 Å². The third-order valence-corrected chi connectivity index (χ3v) is 3.31. The minimum absolute atomic E-state index is 0.0386. The van der Waals surface area contributed by atoms with Gasteiger partial charge in [0.05, 0.1) is 18.0 Å². The van der Waals surface area contributed by atoms with Crippen LogP contribution in [0.1, 0.15) is 18.3 Å². The monoisotopic (exact) mass is 255 g/mol. The van der Waals surface area contributed by atoms with E-state index in [2.05, 4.69) is 19.9 Å². The third-order valence-electron chi connectivity index (χ3n) is 2.33. The van der Waals surface area contributed by atoms with Crippen LogP contribution in [0.3, 0.4) is 0 Å². The van der Waals surface area contributed by atoms with Crippen molar-refractivity contribution in [1.82, 2.24) is 19.9 Å². The molecule has 0 bridgehead atoms. The Morgan fingerprint density at radius 1 is 1.53 bits per heavy atom. The van der Waals surface area contributed by atoms with Crippen LogP contribution in [0.25, 0.3) is 11.2 Å². The molecule has 1 atom stereocenters. The third kappa shape index (κ3) is 2.98. The van der Waals surface area contributed by atoms with Gasteiger partial charge in [-0.25, -0.2) is 23.4 Å². The maximum atomic E-state index is 11.0. The van der Waals surface area contributed by atoms with Crippen molar-refractivity contribution in [1.29, 1.82) is 0 Å². The van der Waals surface area contributed by atoms with Gasteiger partial charge in [0, 0.05) is 6.26 Å². The minimum atomic E-state index is -3.01. The number of hydrogen-bond donors (Lipinski definition) is 2. The molecule has 2 aromatic rings. The number of H-pyrrole nitrogens is 1. The molecule has 7 nitrogen and oxygen atoms in total. The number of hydrogen-bond acceptors (Lipinski definition) is 6. The minimum Gasteiger partial charge on any atom is -0.338 e. The lowest BCUT2D eigenvalue weighted by Crippen LogP contribution is -2.16. The number of sulfone groups is 1. The van der Waals surface area contributed by atoms with Gasteiger partial charge in [0.1, 0.15) is 27.5 Å². The summed E-state index contributed by atoms with van der Waals surface area (Å²) in [5, 5.41) is 0. The van der Waals surface area contributed by atoms with Gasteiger partial charge in [0.2, 0.25) is 0 Å². The lowest BCUT2D eigenvalue weighted by molar-refractivity contribution is 0.588. The van der Waals surface area contributed by atoms with Crippen LogP contribution in [0.15, 0.2) is 12.5 Å². The molecule has 0 aliphatic rings. The number of aromatic amines is 1. The van der Waals surface area contributed by atoms with Crippen molar-refractivity contribution >= 4 is 21.0 Å². The van der Waals surface area contributed by atoms with E-state index in [9.17, 15) is 8.42 Å². The van der Waals surface area contributed by atoms with E-state index in [0.717, 1.165) is 0 Å². The van der Waals surface area contributed by atoms with Crippen LogP contribution in [-0.4, -0.2) is 40.4 Å². The molecule has 0 saturated carbocycles. The summed E-state index contributed by atoms with van der Waals surface area (Å²) in [6.07, 6.45) is 4.51. The second-order valence-corrected chi connectivity index (χ2v) is 6.17. The Morgan fingerprint density at radius 3 is 2.94 bits per heavy atom. The summed E-state index contributed by atoms with van der Waals surface area (Å²) >= 11 is 0. The molecule has 0 amide bonds. The molecule has 1 unspecified atom stereocenters. The van der Waals surface area contributed by atoms with E-state index in [0.29, 0.717) is 23.4 Å². The highest BCUT2D eigenvalue weighted by Gasteiger charge is 2.14. The molecule has 0 saturated heterocycles. The summed E-state index contributed by atoms with van der Waals surface area (Å²) in [6.45, 7) is 0. The van der Waals surface area contributed by atoms with Crippen LogP contribution in [0, 0.1) is 0 Å². The molecule has 0 aliphatic carbocycles. The predicted octanol–water partition coefficient (Wildman–Crippen LogP) is -0.213. The van der Waals surface area contributed by atoms with Crippen molar-refractivity contribution in [2.24, 2.45) is 5.73 Å². The summed E-state index contributed by atoms with van der Waals surface area (Å²) in [7, 11) is -3.01. The normalized spacial score (nSPS) is 14.0. The van der Waals surface area contributed by atoms with Crippen molar-refractivity contribution in [2.45, 2.75) is 12.5 Å². The fourth-order valence-corrected chi connectivity index (χ4v) is 2.12. The average molecular weight is 255 g/mol. The Balaban J connectivity index is 2.16. The highest BCUT2D eigenvalue weighted by atomic mass is 32.2. The van der Waals surface area contributed by atoms with Gasteiger partial charge in [-0.05, 0) is 6.42 Å². The lowest BCUT2D eigenvalue weighted by atomic mass is 10.2. The summed E-state index contributed by atoms with van der Waals surface area (Å²) in [5.74, 6) is 0.570. The van der Waals surface area contributed by atoms with E-state index < -0.39 is 15.9 Å². The second-order valence-electron chi connectivity index (χ2n) is 3.91. The fourth-order valence-electron chi connectivity index (χ4n) is 1.43. The number of imidazole rings is 1. The van der Waals surface area contributed by atoms with Gasteiger partial charge in [0.25, 0.3) is 0 Å². The van der Waals surface area contributed by atoms with Crippen LogP contribution < -0.4 is 5.73 Å². The highest BCUT2D eigenvalue weighted by molar-refractivity contribution is 7.90. The molecule has 92 valence electrons. The molecule has 8 heteroatoms. The van der Waals surface area contributed by atoms with Crippen LogP contribution >= 0.6 is 0 Å². The molecule has 0 aliphatic heterocycles. The molecular weight excluding hydrogens is 242 g/mol. The van der Waals surface area contributed by atoms with Crippen molar-refractivity contribution in [2.75, 3.05) is 12.0 Å². The SMILES string of the molecule is CS(=O)(=O)CCC(N)c1nc2ncncc2[nH]1. The summed E-state index contributed by atoms with van der Waals surface area (Å²) < 4.78 is 22.1. The number of aromatic nitrogens is 4. The first-order valence-corrected chi connectivity index (χ1v) is 7.11. The van der Waals surface area contributed by atoms with Gasteiger partial charge < -0.3 is 10.7 Å². The zero-order valence-electron chi connectivity index (χ0n) is 9.29. The first-order chi connectivity index (χ1) is 7.96. The largest absolute Gasteiger partial charge is 0.338 e. The van der Waals surface area contributed by atoms with E-state index in [1.165, 1.54) is 12.6 Å². The molecular formula is C9H13N5O2S. The molecule has 0 aromatic carbocycles. The molecule has 17 heavy (non-hydrogen) atoms. The van der Waals surface area contributed by atoms with Crippen LogP contribution in [0.5, 0.6) is 0 Å².